The van der Waals surface area contributed by atoms with Crippen molar-refractivity contribution in [1.82, 2.24) is 0 Å². The molecule has 0 saturated heterocycles. The molecule has 1 atom stereocenters. The van der Waals surface area contributed by atoms with E-state index in [2.05, 4.69) is 32.0 Å². The normalized spacial score (nSPS) is 12.2. The standard InChI is InChI=1S/C18H17Cl2N/c1-12(2)14-4-6-15(7-5-14)16(11-21)9-13-3-8-17(19)18(20)10-13/h3-8,10,12,16H,9H2,1-2H3. The number of hydrogen-bond donors (Lipinski definition) is 0. The Balaban J connectivity index is 2.19. The first kappa shape index (κ1) is 15.9. The molecule has 0 heterocycles. The van der Waals surface area contributed by atoms with Gasteiger partial charge in [0.2, 0.25) is 0 Å². The highest BCUT2D eigenvalue weighted by atomic mass is 35.5. The van der Waals surface area contributed by atoms with Crippen molar-refractivity contribution < 1.29 is 0 Å². The highest BCUT2D eigenvalue weighted by Crippen LogP contribution is 2.27. The molecule has 1 nitrogen and oxygen atoms in total. The minimum Gasteiger partial charge on any atom is -0.198 e. The molecule has 21 heavy (non-hydrogen) atoms. The number of rotatable bonds is 4. The van der Waals surface area contributed by atoms with E-state index >= 15 is 0 Å². The maximum absolute atomic E-state index is 9.43. The van der Waals surface area contributed by atoms with Crippen molar-refractivity contribution >= 4 is 23.2 Å². The summed E-state index contributed by atoms with van der Waals surface area (Å²) in [6, 6.07) is 16.2. The second-order valence-corrected chi connectivity index (χ2v) is 6.27. The lowest BCUT2D eigenvalue weighted by Crippen LogP contribution is -2.01. The van der Waals surface area contributed by atoms with Crippen LogP contribution in [0.5, 0.6) is 0 Å². The van der Waals surface area contributed by atoms with Crippen LogP contribution >= 0.6 is 23.2 Å². The molecule has 0 spiro atoms. The van der Waals surface area contributed by atoms with E-state index in [1.807, 2.05) is 24.3 Å². The maximum Gasteiger partial charge on any atom is 0.0753 e. The lowest BCUT2D eigenvalue weighted by Gasteiger charge is -2.12. The highest BCUT2D eigenvalue weighted by molar-refractivity contribution is 6.42. The Bertz CT molecular complexity index is 654. The monoisotopic (exact) mass is 317 g/mol. The van der Waals surface area contributed by atoms with Crippen molar-refractivity contribution in [2.45, 2.75) is 32.1 Å². The van der Waals surface area contributed by atoms with Crippen LogP contribution in [0.15, 0.2) is 42.5 Å². The lowest BCUT2D eigenvalue weighted by atomic mass is 9.91. The number of benzene rings is 2. The van der Waals surface area contributed by atoms with E-state index < -0.39 is 0 Å². The first-order valence-corrected chi connectivity index (χ1v) is 7.70. The molecular formula is C18H17Cl2N. The average molecular weight is 318 g/mol. The molecule has 2 rings (SSSR count). The van der Waals surface area contributed by atoms with E-state index in [9.17, 15) is 5.26 Å². The third-order valence-electron chi connectivity index (χ3n) is 3.59. The molecule has 0 aliphatic heterocycles. The van der Waals surface area contributed by atoms with E-state index in [0.717, 1.165) is 11.1 Å². The Morgan fingerprint density at radius 1 is 0.952 bits per heavy atom. The van der Waals surface area contributed by atoms with E-state index in [1.54, 1.807) is 6.07 Å². The number of hydrogen-bond acceptors (Lipinski definition) is 1. The molecular weight excluding hydrogens is 301 g/mol. The van der Waals surface area contributed by atoms with Crippen LogP contribution in [-0.4, -0.2) is 0 Å². The number of halogens is 2. The van der Waals surface area contributed by atoms with Crippen LogP contribution in [0.3, 0.4) is 0 Å². The van der Waals surface area contributed by atoms with Crippen LogP contribution < -0.4 is 0 Å². The quantitative estimate of drug-likeness (QED) is 0.681. The fourth-order valence-electron chi connectivity index (χ4n) is 2.25. The van der Waals surface area contributed by atoms with Gasteiger partial charge < -0.3 is 0 Å². The zero-order valence-electron chi connectivity index (χ0n) is 12.1. The van der Waals surface area contributed by atoms with Gasteiger partial charge in [-0.1, -0.05) is 67.4 Å². The van der Waals surface area contributed by atoms with Gasteiger partial charge >= 0.3 is 0 Å². The first-order chi connectivity index (χ1) is 10.0. The predicted molar refractivity (Wildman–Crippen MR) is 89.1 cm³/mol. The topological polar surface area (TPSA) is 23.8 Å². The summed E-state index contributed by atoms with van der Waals surface area (Å²) in [6.07, 6.45) is 0.633. The Labute approximate surface area is 136 Å². The summed E-state index contributed by atoms with van der Waals surface area (Å²) in [5, 5.41) is 10.5. The van der Waals surface area contributed by atoms with Gasteiger partial charge in [0.05, 0.1) is 22.0 Å². The molecule has 0 aliphatic carbocycles. The average Bonchev–Trinajstić information content (AvgIpc) is 2.48. The molecule has 0 aromatic heterocycles. The van der Waals surface area contributed by atoms with Gasteiger partial charge in [-0.25, -0.2) is 0 Å². The van der Waals surface area contributed by atoms with Crippen molar-refractivity contribution in [3.8, 4) is 6.07 Å². The molecule has 108 valence electrons. The van der Waals surface area contributed by atoms with Crippen LogP contribution in [0.2, 0.25) is 10.0 Å². The molecule has 0 radical (unpaired) electrons. The predicted octanol–water partition coefficient (Wildman–Crippen LogP) is 5.97. The van der Waals surface area contributed by atoms with Gasteiger partial charge in [0.25, 0.3) is 0 Å². The van der Waals surface area contributed by atoms with Crippen LogP contribution in [-0.2, 0) is 6.42 Å². The van der Waals surface area contributed by atoms with Gasteiger partial charge in [0.15, 0.2) is 0 Å². The second kappa shape index (κ2) is 6.98. The summed E-state index contributed by atoms with van der Waals surface area (Å²) < 4.78 is 0. The summed E-state index contributed by atoms with van der Waals surface area (Å²) >= 11 is 11.9. The van der Waals surface area contributed by atoms with E-state index in [1.165, 1.54) is 5.56 Å². The molecule has 0 aliphatic rings. The summed E-state index contributed by atoms with van der Waals surface area (Å²) in [6.45, 7) is 4.32. The van der Waals surface area contributed by atoms with Crippen molar-refractivity contribution in [3.63, 3.8) is 0 Å². The molecule has 2 aromatic rings. The molecule has 0 fully saturated rings. The molecule has 0 saturated carbocycles. The third-order valence-corrected chi connectivity index (χ3v) is 4.32. The largest absolute Gasteiger partial charge is 0.198 e. The maximum atomic E-state index is 9.43. The Morgan fingerprint density at radius 2 is 1.57 bits per heavy atom. The Kier molecular flexibility index (Phi) is 5.28. The van der Waals surface area contributed by atoms with E-state index in [0.29, 0.717) is 22.4 Å². The highest BCUT2D eigenvalue weighted by Gasteiger charge is 2.13. The lowest BCUT2D eigenvalue weighted by molar-refractivity contribution is 0.836. The summed E-state index contributed by atoms with van der Waals surface area (Å²) in [4.78, 5) is 0. The van der Waals surface area contributed by atoms with Crippen LogP contribution in [0.4, 0.5) is 0 Å². The van der Waals surface area contributed by atoms with Crippen LogP contribution in [0.25, 0.3) is 0 Å². The van der Waals surface area contributed by atoms with Gasteiger partial charge in [0.1, 0.15) is 0 Å². The van der Waals surface area contributed by atoms with Gasteiger partial charge in [-0.2, -0.15) is 5.26 Å². The fourth-order valence-corrected chi connectivity index (χ4v) is 2.57. The van der Waals surface area contributed by atoms with Crippen LogP contribution in [0, 0.1) is 11.3 Å². The zero-order valence-corrected chi connectivity index (χ0v) is 13.6. The first-order valence-electron chi connectivity index (χ1n) is 6.94. The zero-order chi connectivity index (χ0) is 15.4. The Morgan fingerprint density at radius 3 is 2.10 bits per heavy atom. The van der Waals surface area contributed by atoms with Crippen molar-refractivity contribution in [3.05, 3.63) is 69.2 Å². The van der Waals surface area contributed by atoms with Gasteiger partial charge in [0, 0.05) is 0 Å². The summed E-state index contributed by atoms with van der Waals surface area (Å²) in [5.74, 6) is 0.318. The molecule has 2 aromatic carbocycles. The molecule has 0 N–H and O–H groups in total. The van der Waals surface area contributed by atoms with Crippen LogP contribution in [0.1, 0.15) is 42.4 Å². The second-order valence-electron chi connectivity index (χ2n) is 5.46. The fraction of sp³-hybridized carbons (Fsp3) is 0.278. The minimum absolute atomic E-state index is 0.177. The molecule has 0 bridgehead atoms. The Hall–Kier alpha value is -1.49. The van der Waals surface area contributed by atoms with Crippen molar-refractivity contribution in [1.29, 1.82) is 5.26 Å². The number of nitrogens with zero attached hydrogens (tertiary/aromatic N) is 1. The van der Waals surface area contributed by atoms with Gasteiger partial charge in [-0.05, 0) is 41.2 Å². The third kappa shape index (κ3) is 4.00. The molecule has 1 unspecified atom stereocenters. The summed E-state index contributed by atoms with van der Waals surface area (Å²) in [7, 11) is 0. The SMILES string of the molecule is CC(C)c1ccc(C(C#N)Cc2ccc(Cl)c(Cl)c2)cc1. The van der Waals surface area contributed by atoms with Gasteiger partial charge in [-0.3, -0.25) is 0 Å². The van der Waals surface area contributed by atoms with Crippen molar-refractivity contribution in [2.24, 2.45) is 0 Å². The van der Waals surface area contributed by atoms with Crippen molar-refractivity contribution in [2.75, 3.05) is 0 Å². The minimum atomic E-state index is -0.177. The van der Waals surface area contributed by atoms with Gasteiger partial charge in [-0.15, -0.1) is 0 Å². The molecule has 3 heteroatoms. The van der Waals surface area contributed by atoms with E-state index in [-0.39, 0.29) is 5.92 Å². The number of nitriles is 1. The van der Waals surface area contributed by atoms with E-state index in [4.69, 9.17) is 23.2 Å². The smallest absolute Gasteiger partial charge is 0.0753 e. The summed E-state index contributed by atoms with van der Waals surface area (Å²) in [5.41, 5.74) is 3.34. The molecule has 0 amide bonds.